The second-order valence-electron chi connectivity index (χ2n) is 7.05. The van der Waals surface area contributed by atoms with E-state index >= 15 is 0 Å². The molecule has 0 spiro atoms. The van der Waals surface area contributed by atoms with E-state index in [1.807, 2.05) is 25.1 Å². The maximum atomic E-state index is 14.5. The van der Waals surface area contributed by atoms with Gasteiger partial charge in [-0.05, 0) is 48.6 Å². The third-order valence-electron chi connectivity index (χ3n) is 5.14. The maximum Gasteiger partial charge on any atom is 0.249 e. The van der Waals surface area contributed by atoms with Gasteiger partial charge >= 0.3 is 0 Å². The smallest absolute Gasteiger partial charge is 0.249 e. The van der Waals surface area contributed by atoms with Crippen LogP contribution in [0.3, 0.4) is 0 Å². The second-order valence-corrected chi connectivity index (χ2v) is 7.72. The molecule has 1 heterocycles. The molecule has 0 aromatic heterocycles. The molecule has 1 aliphatic heterocycles. The van der Waals surface area contributed by atoms with Gasteiger partial charge in [0.15, 0.2) is 0 Å². The molecule has 0 bridgehead atoms. The van der Waals surface area contributed by atoms with Crippen molar-refractivity contribution in [3.8, 4) is 0 Å². The predicted octanol–water partition coefficient (Wildman–Crippen LogP) is 2.48. The van der Waals surface area contributed by atoms with Crippen LogP contribution in [0.1, 0.15) is 29.5 Å². The molecule has 3 amide bonds. The van der Waals surface area contributed by atoms with E-state index in [9.17, 15) is 18.8 Å². The SMILES string of the molecule is Cc1cccc(NCc2cccc(SN)c2F)c1CN(C=O)C1CCC(=O)NC1=O. The number of piperidine rings is 1. The van der Waals surface area contributed by atoms with Gasteiger partial charge in [-0.3, -0.25) is 24.8 Å². The van der Waals surface area contributed by atoms with Crippen LogP contribution in [0.4, 0.5) is 10.1 Å². The van der Waals surface area contributed by atoms with Gasteiger partial charge in [0.2, 0.25) is 18.2 Å². The molecule has 1 atom stereocenters. The van der Waals surface area contributed by atoms with E-state index in [1.54, 1.807) is 18.2 Å². The van der Waals surface area contributed by atoms with Crippen LogP contribution < -0.4 is 15.8 Å². The van der Waals surface area contributed by atoms with Crippen molar-refractivity contribution < 1.29 is 18.8 Å². The topological polar surface area (TPSA) is 105 Å². The number of carbonyl (C=O) groups is 3. The van der Waals surface area contributed by atoms with Gasteiger partial charge in [-0.15, -0.1) is 0 Å². The summed E-state index contributed by atoms with van der Waals surface area (Å²) in [5, 5.41) is 11.0. The molecule has 7 nitrogen and oxygen atoms in total. The fourth-order valence-corrected chi connectivity index (χ4v) is 3.85. The van der Waals surface area contributed by atoms with E-state index in [2.05, 4.69) is 10.6 Å². The number of rotatable bonds is 8. The van der Waals surface area contributed by atoms with Crippen LogP contribution in [0, 0.1) is 12.7 Å². The van der Waals surface area contributed by atoms with E-state index in [0.717, 1.165) is 28.8 Å². The van der Waals surface area contributed by atoms with Crippen molar-refractivity contribution in [3.63, 3.8) is 0 Å². The second kappa shape index (κ2) is 9.73. The largest absolute Gasteiger partial charge is 0.381 e. The average Bonchev–Trinajstić information content (AvgIpc) is 2.73. The Morgan fingerprint density at radius 1 is 1.30 bits per heavy atom. The molecule has 158 valence electrons. The third-order valence-corrected chi connectivity index (χ3v) is 5.71. The number of hydrogen-bond donors (Lipinski definition) is 3. The number of halogens is 1. The summed E-state index contributed by atoms with van der Waals surface area (Å²) in [5.41, 5.74) is 2.94. The number of nitrogens with one attached hydrogen (secondary N) is 2. The van der Waals surface area contributed by atoms with Crippen molar-refractivity contribution in [1.82, 2.24) is 10.2 Å². The van der Waals surface area contributed by atoms with E-state index in [0.29, 0.717) is 16.9 Å². The number of imide groups is 1. The van der Waals surface area contributed by atoms with Crippen molar-refractivity contribution in [2.75, 3.05) is 5.32 Å². The molecule has 0 saturated carbocycles. The van der Waals surface area contributed by atoms with Crippen LogP contribution in [0.5, 0.6) is 0 Å². The molecule has 1 unspecified atom stereocenters. The van der Waals surface area contributed by atoms with Crippen molar-refractivity contribution in [1.29, 1.82) is 0 Å². The molecular formula is C21H23FN4O3S. The lowest BCUT2D eigenvalue weighted by Gasteiger charge is -2.31. The van der Waals surface area contributed by atoms with E-state index in [4.69, 9.17) is 5.14 Å². The van der Waals surface area contributed by atoms with Crippen LogP contribution in [-0.4, -0.2) is 29.2 Å². The minimum atomic E-state index is -0.705. The standard InChI is InChI=1S/C21H23FN4O3S/c1-13-4-2-6-16(24-10-14-5-3-7-18(30-23)20(14)22)15(13)11-26(12-27)17-8-9-19(28)25-21(17)29/h2-7,12,17,24H,8-11,23H2,1H3,(H,25,28,29). The Morgan fingerprint density at radius 2 is 2.07 bits per heavy atom. The van der Waals surface area contributed by atoms with Crippen LogP contribution in [0.25, 0.3) is 0 Å². The summed E-state index contributed by atoms with van der Waals surface area (Å²) in [6, 6.07) is 9.94. The first kappa shape index (κ1) is 21.8. The Kier molecular flexibility index (Phi) is 7.07. The Hall–Kier alpha value is -2.91. The van der Waals surface area contributed by atoms with Gasteiger partial charge in [0.1, 0.15) is 11.9 Å². The zero-order valence-corrected chi connectivity index (χ0v) is 17.3. The minimum Gasteiger partial charge on any atom is -0.381 e. The Bertz CT molecular complexity index is 969. The van der Waals surface area contributed by atoms with E-state index in [1.165, 1.54) is 4.90 Å². The summed E-state index contributed by atoms with van der Waals surface area (Å²) in [4.78, 5) is 37.1. The lowest BCUT2D eigenvalue weighted by atomic mass is 10.0. The molecule has 9 heteroatoms. The quantitative estimate of drug-likeness (QED) is 0.338. The molecule has 1 fully saturated rings. The van der Waals surface area contributed by atoms with Gasteiger partial charge in [-0.2, -0.15) is 0 Å². The number of amides is 3. The summed E-state index contributed by atoms with van der Waals surface area (Å²) in [7, 11) is 0. The maximum absolute atomic E-state index is 14.5. The lowest BCUT2D eigenvalue weighted by molar-refractivity contribution is -0.141. The number of carbonyl (C=O) groups excluding carboxylic acids is 3. The number of nitrogens with two attached hydrogens (primary N) is 1. The predicted molar refractivity (Wildman–Crippen MR) is 113 cm³/mol. The van der Waals surface area contributed by atoms with Crippen LogP contribution in [0.2, 0.25) is 0 Å². The highest BCUT2D eigenvalue weighted by atomic mass is 32.2. The summed E-state index contributed by atoms with van der Waals surface area (Å²) < 4.78 is 14.5. The minimum absolute atomic E-state index is 0.186. The highest BCUT2D eigenvalue weighted by molar-refractivity contribution is 7.97. The van der Waals surface area contributed by atoms with Crippen molar-refractivity contribution in [3.05, 3.63) is 58.9 Å². The fraction of sp³-hybridized carbons (Fsp3) is 0.286. The van der Waals surface area contributed by atoms with Gasteiger partial charge in [0.05, 0.1) is 4.90 Å². The van der Waals surface area contributed by atoms with E-state index in [-0.39, 0.29) is 37.7 Å². The van der Waals surface area contributed by atoms with E-state index < -0.39 is 11.9 Å². The fourth-order valence-electron chi connectivity index (χ4n) is 3.45. The molecular weight excluding hydrogens is 407 g/mol. The molecule has 2 aromatic rings. The molecule has 30 heavy (non-hydrogen) atoms. The first-order valence-corrected chi connectivity index (χ1v) is 10.3. The molecule has 0 aliphatic carbocycles. The lowest BCUT2D eigenvalue weighted by Crippen LogP contribution is -2.51. The Morgan fingerprint density at radius 3 is 2.77 bits per heavy atom. The molecule has 1 aliphatic rings. The zero-order chi connectivity index (χ0) is 21.7. The summed E-state index contributed by atoms with van der Waals surface area (Å²) in [5.74, 6) is -1.18. The summed E-state index contributed by atoms with van der Waals surface area (Å²) >= 11 is 0.854. The third kappa shape index (κ3) is 4.80. The number of benzene rings is 2. The number of aryl methyl sites for hydroxylation is 1. The Balaban J connectivity index is 1.80. The van der Waals surface area contributed by atoms with Crippen LogP contribution in [-0.2, 0) is 27.5 Å². The zero-order valence-electron chi connectivity index (χ0n) is 16.5. The van der Waals surface area contributed by atoms with Crippen LogP contribution >= 0.6 is 11.9 Å². The highest BCUT2D eigenvalue weighted by Gasteiger charge is 2.31. The normalized spacial score (nSPS) is 16.2. The molecule has 1 saturated heterocycles. The summed E-state index contributed by atoms with van der Waals surface area (Å²) in [6.45, 7) is 2.32. The highest BCUT2D eigenvalue weighted by Crippen LogP contribution is 2.26. The number of hydrogen-bond acceptors (Lipinski definition) is 6. The average molecular weight is 431 g/mol. The number of anilines is 1. The first-order chi connectivity index (χ1) is 14.4. The first-order valence-electron chi connectivity index (χ1n) is 9.45. The van der Waals surface area contributed by atoms with Gasteiger partial charge in [0, 0.05) is 30.8 Å². The summed E-state index contributed by atoms with van der Waals surface area (Å²) in [6.07, 6.45) is 1.10. The monoisotopic (exact) mass is 430 g/mol. The van der Waals surface area contributed by atoms with Gasteiger partial charge in [-0.1, -0.05) is 24.3 Å². The van der Waals surface area contributed by atoms with Gasteiger partial charge in [-0.25, -0.2) is 4.39 Å². The molecule has 4 N–H and O–H groups in total. The van der Waals surface area contributed by atoms with Gasteiger partial charge in [0.25, 0.3) is 0 Å². The van der Waals surface area contributed by atoms with Gasteiger partial charge < -0.3 is 10.2 Å². The van der Waals surface area contributed by atoms with Crippen LogP contribution in [0.15, 0.2) is 41.3 Å². The number of nitrogens with zero attached hydrogens (tertiary/aromatic N) is 1. The van der Waals surface area contributed by atoms with Crippen molar-refractivity contribution in [2.45, 2.75) is 43.8 Å². The van der Waals surface area contributed by atoms with Crippen molar-refractivity contribution >= 4 is 35.9 Å². The molecule has 0 radical (unpaired) electrons. The molecule has 2 aromatic carbocycles. The van der Waals surface area contributed by atoms with Crippen molar-refractivity contribution in [2.24, 2.45) is 5.14 Å². The molecule has 3 rings (SSSR count). The Labute approximate surface area is 178 Å².